The molecule has 2 rings (SSSR count). The van der Waals surface area contributed by atoms with E-state index in [1.165, 1.54) is 6.92 Å². The standard InChI is InChI=1S/C19H19N3O3/c1-14(23)21-16-10-8-15(9-11-16)5-4-12-20-19(24)22-17-6-3-7-18(13-17)25-2/h3,6-11,13H,12H2,1-2H3,(H,21,23)(H2,20,22,24). The van der Waals surface area contributed by atoms with E-state index in [-0.39, 0.29) is 18.5 Å². The highest BCUT2D eigenvalue weighted by molar-refractivity contribution is 5.89. The molecule has 0 aliphatic carbocycles. The third-order valence-electron chi connectivity index (χ3n) is 3.10. The molecule has 3 amide bonds. The van der Waals surface area contributed by atoms with Crippen molar-refractivity contribution in [1.82, 2.24) is 5.32 Å². The van der Waals surface area contributed by atoms with Gasteiger partial charge in [-0.25, -0.2) is 4.79 Å². The topological polar surface area (TPSA) is 79.5 Å². The van der Waals surface area contributed by atoms with E-state index in [1.807, 2.05) is 0 Å². The van der Waals surface area contributed by atoms with Crippen molar-refractivity contribution in [2.45, 2.75) is 6.92 Å². The molecule has 0 saturated carbocycles. The van der Waals surface area contributed by atoms with Crippen LogP contribution in [0.15, 0.2) is 48.5 Å². The molecule has 0 aromatic heterocycles. The third-order valence-corrected chi connectivity index (χ3v) is 3.10. The van der Waals surface area contributed by atoms with Crippen LogP contribution in [-0.2, 0) is 4.79 Å². The van der Waals surface area contributed by atoms with Gasteiger partial charge in [-0.3, -0.25) is 4.79 Å². The van der Waals surface area contributed by atoms with Gasteiger partial charge < -0.3 is 20.7 Å². The summed E-state index contributed by atoms with van der Waals surface area (Å²) in [6, 6.07) is 13.9. The molecule has 0 spiro atoms. The molecule has 3 N–H and O–H groups in total. The lowest BCUT2D eigenvalue weighted by Crippen LogP contribution is -2.28. The second-order valence-corrected chi connectivity index (χ2v) is 5.10. The minimum Gasteiger partial charge on any atom is -0.497 e. The summed E-state index contributed by atoms with van der Waals surface area (Å²) in [5, 5.41) is 8.04. The Kier molecular flexibility index (Phi) is 6.43. The van der Waals surface area contributed by atoms with E-state index in [0.29, 0.717) is 17.1 Å². The van der Waals surface area contributed by atoms with Crippen molar-refractivity contribution in [2.24, 2.45) is 0 Å². The lowest BCUT2D eigenvalue weighted by atomic mass is 10.2. The Balaban J connectivity index is 1.81. The van der Waals surface area contributed by atoms with Crippen LogP contribution < -0.4 is 20.7 Å². The summed E-state index contributed by atoms with van der Waals surface area (Å²) in [4.78, 5) is 22.7. The Morgan fingerprint density at radius 2 is 1.80 bits per heavy atom. The zero-order chi connectivity index (χ0) is 18.1. The molecule has 0 heterocycles. The molecule has 2 aromatic carbocycles. The zero-order valence-electron chi connectivity index (χ0n) is 14.1. The number of amides is 3. The van der Waals surface area contributed by atoms with E-state index < -0.39 is 0 Å². The zero-order valence-corrected chi connectivity index (χ0v) is 14.1. The number of ether oxygens (including phenoxy) is 1. The molecular formula is C19H19N3O3. The number of carbonyl (C=O) groups excluding carboxylic acids is 2. The molecule has 0 aliphatic heterocycles. The molecule has 6 heteroatoms. The van der Waals surface area contributed by atoms with Crippen LogP contribution in [0.3, 0.4) is 0 Å². The summed E-state index contributed by atoms with van der Waals surface area (Å²) in [6.45, 7) is 1.67. The number of nitrogens with one attached hydrogen (secondary N) is 3. The summed E-state index contributed by atoms with van der Waals surface area (Å²) >= 11 is 0. The Bertz CT molecular complexity index is 805. The average Bonchev–Trinajstić information content (AvgIpc) is 2.60. The Hall–Kier alpha value is -3.46. The van der Waals surface area contributed by atoms with Crippen molar-refractivity contribution in [3.05, 3.63) is 54.1 Å². The molecule has 0 fully saturated rings. The monoisotopic (exact) mass is 337 g/mol. The van der Waals surface area contributed by atoms with Gasteiger partial charge in [0, 0.05) is 29.9 Å². The normalized spacial score (nSPS) is 9.36. The van der Waals surface area contributed by atoms with Crippen molar-refractivity contribution in [1.29, 1.82) is 0 Å². The van der Waals surface area contributed by atoms with E-state index >= 15 is 0 Å². The van der Waals surface area contributed by atoms with Crippen LogP contribution in [0.4, 0.5) is 16.2 Å². The SMILES string of the molecule is COc1cccc(NC(=O)NCC#Cc2ccc(NC(C)=O)cc2)c1. The maximum absolute atomic E-state index is 11.8. The van der Waals surface area contributed by atoms with Gasteiger partial charge in [0.2, 0.25) is 5.91 Å². The minimum atomic E-state index is -0.344. The predicted molar refractivity (Wildman–Crippen MR) is 97.6 cm³/mol. The first-order valence-electron chi connectivity index (χ1n) is 7.62. The maximum Gasteiger partial charge on any atom is 0.319 e. The predicted octanol–water partition coefficient (Wildman–Crippen LogP) is 2.83. The Morgan fingerprint density at radius 1 is 1.04 bits per heavy atom. The van der Waals surface area contributed by atoms with Gasteiger partial charge in [-0.15, -0.1) is 0 Å². The fourth-order valence-corrected chi connectivity index (χ4v) is 1.99. The fourth-order valence-electron chi connectivity index (χ4n) is 1.99. The number of hydrogen-bond acceptors (Lipinski definition) is 3. The number of anilines is 2. The van der Waals surface area contributed by atoms with Gasteiger partial charge in [0.25, 0.3) is 0 Å². The van der Waals surface area contributed by atoms with E-state index in [1.54, 1.807) is 55.6 Å². The first-order chi connectivity index (χ1) is 12.1. The van der Waals surface area contributed by atoms with Crippen LogP contribution in [0.1, 0.15) is 12.5 Å². The van der Waals surface area contributed by atoms with Crippen LogP contribution in [0.2, 0.25) is 0 Å². The van der Waals surface area contributed by atoms with Crippen molar-refractivity contribution in [3.63, 3.8) is 0 Å². The number of carbonyl (C=O) groups is 2. The van der Waals surface area contributed by atoms with E-state index in [9.17, 15) is 9.59 Å². The Labute approximate surface area is 146 Å². The molecule has 0 aliphatic rings. The van der Waals surface area contributed by atoms with E-state index in [0.717, 1.165) is 5.56 Å². The average molecular weight is 337 g/mol. The highest BCUT2D eigenvalue weighted by Crippen LogP contribution is 2.16. The molecule has 128 valence electrons. The molecule has 0 bridgehead atoms. The molecule has 6 nitrogen and oxygen atoms in total. The van der Waals surface area contributed by atoms with Crippen molar-refractivity contribution >= 4 is 23.3 Å². The second-order valence-electron chi connectivity index (χ2n) is 5.10. The van der Waals surface area contributed by atoms with Gasteiger partial charge >= 0.3 is 6.03 Å². The van der Waals surface area contributed by atoms with Crippen molar-refractivity contribution < 1.29 is 14.3 Å². The molecule has 0 atom stereocenters. The maximum atomic E-state index is 11.8. The van der Waals surface area contributed by atoms with E-state index in [2.05, 4.69) is 27.8 Å². The van der Waals surface area contributed by atoms with Gasteiger partial charge in [0.15, 0.2) is 0 Å². The fraction of sp³-hybridized carbons (Fsp3) is 0.158. The molecule has 25 heavy (non-hydrogen) atoms. The van der Waals surface area contributed by atoms with Gasteiger partial charge in [-0.05, 0) is 36.4 Å². The number of rotatable bonds is 4. The molecule has 0 unspecified atom stereocenters. The molecule has 2 aromatic rings. The number of urea groups is 1. The number of hydrogen-bond donors (Lipinski definition) is 3. The highest BCUT2D eigenvalue weighted by atomic mass is 16.5. The minimum absolute atomic E-state index is 0.120. The van der Waals surface area contributed by atoms with Crippen LogP contribution in [0.5, 0.6) is 5.75 Å². The lowest BCUT2D eigenvalue weighted by molar-refractivity contribution is -0.114. The highest BCUT2D eigenvalue weighted by Gasteiger charge is 2.01. The molecular weight excluding hydrogens is 318 g/mol. The largest absolute Gasteiger partial charge is 0.497 e. The van der Waals surface area contributed by atoms with E-state index in [4.69, 9.17) is 4.74 Å². The first-order valence-corrected chi connectivity index (χ1v) is 7.62. The van der Waals surface area contributed by atoms with Crippen LogP contribution in [-0.4, -0.2) is 25.6 Å². The molecule has 0 radical (unpaired) electrons. The summed E-state index contributed by atoms with van der Waals surface area (Å²) in [7, 11) is 1.57. The smallest absolute Gasteiger partial charge is 0.319 e. The summed E-state index contributed by atoms with van der Waals surface area (Å²) in [5.74, 6) is 6.35. The molecule has 0 saturated heterocycles. The second kappa shape index (κ2) is 8.99. The first kappa shape index (κ1) is 17.9. The van der Waals surface area contributed by atoms with Gasteiger partial charge in [-0.1, -0.05) is 17.9 Å². The van der Waals surface area contributed by atoms with Crippen molar-refractivity contribution in [2.75, 3.05) is 24.3 Å². The van der Waals surface area contributed by atoms with Gasteiger partial charge in [-0.2, -0.15) is 0 Å². The van der Waals surface area contributed by atoms with Gasteiger partial charge in [0.05, 0.1) is 13.7 Å². The van der Waals surface area contributed by atoms with Crippen LogP contribution >= 0.6 is 0 Å². The quantitative estimate of drug-likeness (QED) is 0.751. The van der Waals surface area contributed by atoms with Crippen LogP contribution in [0, 0.1) is 11.8 Å². The lowest BCUT2D eigenvalue weighted by Gasteiger charge is -2.06. The number of methoxy groups -OCH3 is 1. The van der Waals surface area contributed by atoms with Crippen molar-refractivity contribution in [3.8, 4) is 17.6 Å². The van der Waals surface area contributed by atoms with Gasteiger partial charge in [0.1, 0.15) is 5.75 Å². The third kappa shape index (κ3) is 6.28. The summed E-state index contributed by atoms with van der Waals surface area (Å²) in [6.07, 6.45) is 0. The summed E-state index contributed by atoms with van der Waals surface area (Å²) < 4.78 is 5.10. The summed E-state index contributed by atoms with van der Waals surface area (Å²) in [5.41, 5.74) is 2.15. The number of benzene rings is 2. The van der Waals surface area contributed by atoms with Crippen LogP contribution in [0.25, 0.3) is 0 Å². The Morgan fingerprint density at radius 3 is 2.48 bits per heavy atom.